The van der Waals surface area contributed by atoms with Gasteiger partial charge in [-0.2, -0.15) is 0 Å². The minimum Gasteiger partial charge on any atom is -0.311 e. The Morgan fingerprint density at radius 2 is 0.740 bits per heavy atom. The maximum atomic E-state index is 2.47. The fourth-order valence-electron chi connectivity index (χ4n) is 11.5. The van der Waals surface area contributed by atoms with Crippen molar-refractivity contribution in [1.82, 2.24) is 0 Å². The number of anilines is 9. The van der Waals surface area contributed by atoms with Gasteiger partial charge in [0.25, 0.3) is 0 Å². The lowest BCUT2D eigenvalue weighted by Gasteiger charge is -2.34. The van der Waals surface area contributed by atoms with E-state index in [2.05, 4.69) is 315 Å². The molecule has 0 radical (unpaired) electrons. The van der Waals surface area contributed by atoms with Crippen molar-refractivity contribution < 1.29 is 0 Å². The van der Waals surface area contributed by atoms with Gasteiger partial charge in [0, 0.05) is 50.8 Å². The number of fused-ring (bicyclic) bond motifs is 4. The normalized spacial score (nSPS) is 12.3. The van der Waals surface area contributed by atoms with Crippen LogP contribution in [0.15, 0.2) is 261 Å². The molecule has 12 aromatic rings. The molecule has 0 N–H and O–H groups in total. The third kappa shape index (κ3) is 8.91. The van der Waals surface area contributed by atoms with E-state index in [4.69, 9.17) is 0 Å². The van der Waals surface area contributed by atoms with E-state index in [0.717, 1.165) is 39.8 Å². The van der Waals surface area contributed by atoms with Crippen molar-refractivity contribution in [2.24, 2.45) is 0 Å². The second-order valence-corrected chi connectivity index (χ2v) is 32.8. The van der Waals surface area contributed by atoms with Crippen molar-refractivity contribution in [1.29, 1.82) is 0 Å². The lowest BCUT2D eigenvalue weighted by molar-refractivity contribution is 1.28. The summed E-state index contributed by atoms with van der Waals surface area (Å²) in [5.41, 5.74) is 17.6. The molecule has 0 aliphatic carbocycles. The zero-order valence-corrected chi connectivity index (χ0v) is 46.7. The summed E-state index contributed by atoms with van der Waals surface area (Å²) in [6.07, 6.45) is 0. The van der Waals surface area contributed by atoms with Crippen LogP contribution in [-0.4, -0.2) is 16.1 Å². The molecule has 0 spiro atoms. The van der Waals surface area contributed by atoms with Crippen LogP contribution in [0.3, 0.4) is 0 Å². The minimum atomic E-state index is -1.47. The Hall–Kier alpha value is -8.75. The molecule has 0 amide bonds. The van der Waals surface area contributed by atoms with E-state index in [1.54, 1.807) is 0 Å². The van der Waals surface area contributed by atoms with Crippen LogP contribution >= 0.6 is 0 Å². The van der Waals surface area contributed by atoms with Gasteiger partial charge in [-0.1, -0.05) is 207 Å². The predicted octanol–water partition coefficient (Wildman–Crippen LogP) is 20.0. The largest absolute Gasteiger partial charge is 0.311 e. The Kier molecular flexibility index (Phi) is 11.9. The Labute approximate surface area is 455 Å². The first-order valence-electron chi connectivity index (χ1n) is 27.0. The van der Waals surface area contributed by atoms with Gasteiger partial charge in [0.1, 0.15) is 0 Å². The highest BCUT2D eigenvalue weighted by atomic mass is 28.3. The average Bonchev–Trinajstić information content (AvgIpc) is 3.47. The van der Waals surface area contributed by atoms with E-state index >= 15 is 0 Å². The fourth-order valence-corrected chi connectivity index (χ4v) is 13.8. The lowest BCUT2D eigenvalue weighted by Crippen LogP contribution is -2.37. The molecular formula is C72H61N3Si2. The van der Waals surface area contributed by atoms with Crippen molar-refractivity contribution >= 4 is 110 Å². The molecule has 1 aliphatic rings. The predicted molar refractivity (Wildman–Crippen MR) is 339 cm³/mol. The first-order valence-corrected chi connectivity index (χ1v) is 34.0. The second-order valence-electron chi connectivity index (χ2n) is 22.7. The van der Waals surface area contributed by atoms with E-state index in [1.165, 1.54) is 87.4 Å². The summed E-state index contributed by atoms with van der Waals surface area (Å²) >= 11 is 0. The summed E-state index contributed by atoms with van der Waals surface area (Å²) < 4.78 is 0. The van der Waals surface area contributed by atoms with Crippen LogP contribution in [0.1, 0.15) is 0 Å². The summed E-state index contributed by atoms with van der Waals surface area (Å²) in [5.74, 6) is 0. The van der Waals surface area contributed by atoms with Gasteiger partial charge in [-0.3, -0.25) is 0 Å². The van der Waals surface area contributed by atoms with E-state index < -0.39 is 16.1 Å². The van der Waals surface area contributed by atoms with Gasteiger partial charge in [0.2, 0.25) is 0 Å². The quantitative estimate of drug-likeness (QED) is 0.120. The highest BCUT2D eigenvalue weighted by molar-refractivity contribution is 6.89. The summed E-state index contributed by atoms with van der Waals surface area (Å²) in [7, 11) is -2.91. The molecule has 13 rings (SSSR count). The van der Waals surface area contributed by atoms with Gasteiger partial charge >= 0.3 is 0 Å². The molecule has 0 fully saturated rings. The fraction of sp³-hybridized carbons (Fsp3) is 0.0833. The van der Waals surface area contributed by atoms with E-state index in [9.17, 15) is 0 Å². The Bertz CT molecular complexity index is 4160. The van der Waals surface area contributed by atoms with Gasteiger partial charge < -0.3 is 14.7 Å². The molecule has 0 aromatic heterocycles. The molecule has 372 valence electrons. The lowest BCUT2D eigenvalue weighted by atomic mass is 9.86. The average molecular weight is 1020 g/mol. The van der Waals surface area contributed by atoms with E-state index in [1.807, 2.05) is 0 Å². The van der Waals surface area contributed by atoms with Gasteiger partial charge in [-0.25, -0.2) is 0 Å². The number of hydrogen-bond donors (Lipinski definition) is 0. The summed E-state index contributed by atoms with van der Waals surface area (Å²) in [6, 6.07) is 97.1. The van der Waals surface area contributed by atoms with Crippen LogP contribution < -0.4 is 25.1 Å². The summed E-state index contributed by atoms with van der Waals surface area (Å²) in [6.45, 7) is 14.4. The number of hydrogen-bond acceptors (Lipinski definition) is 3. The van der Waals surface area contributed by atoms with E-state index in [-0.39, 0.29) is 0 Å². The maximum Gasteiger partial charge on any atom is 0.0775 e. The molecule has 77 heavy (non-hydrogen) atoms. The molecular weight excluding hydrogens is 963 g/mol. The van der Waals surface area contributed by atoms with E-state index in [0.29, 0.717) is 0 Å². The zero-order chi connectivity index (χ0) is 52.4. The van der Waals surface area contributed by atoms with Gasteiger partial charge in [-0.05, 0) is 158 Å². The van der Waals surface area contributed by atoms with Crippen LogP contribution in [0.4, 0.5) is 51.2 Å². The van der Waals surface area contributed by atoms with Crippen LogP contribution in [0.5, 0.6) is 0 Å². The van der Waals surface area contributed by atoms with Crippen LogP contribution in [0.2, 0.25) is 39.3 Å². The molecule has 1 heterocycles. The highest BCUT2D eigenvalue weighted by Gasteiger charge is 2.28. The molecule has 12 aromatic carbocycles. The summed E-state index contributed by atoms with van der Waals surface area (Å²) in [5, 5.41) is 10.3. The van der Waals surface area contributed by atoms with Crippen molar-refractivity contribution in [3.63, 3.8) is 0 Å². The molecule has 3 nitrogen and oxygen atoms in total. The summed E-state index contributed by atoms with van der Waals surface area (Å²) in [4.78, 5) is 7.23. The van der Waals surface area contributed by atoms with Gasteiger partial charge in [-0.15, -0.1) is 0 Å². The van der Waals surface area contributed by atoms with Crippen LogP contribution in [0.25, 0.3) is 65.7 Å². The molecule has 0 saturated heterocycles. The number of para-hydroxylation sites is 2. The maximum absolute atomic E-state index is 2.47. The van der Waals surface area contributed by atoms with Crippen molar-refractivity contribution in [3.05, 3.63) is 261 Å². The first-order chi connectivity index (χ1) is 37.4. The topological polar surface area (TPSA) is 9.72 Å². The molecule has 1 aliphatic heterocycles. The van der Waals surface area contributed by atoms with Gasteiger partial charge in [0.15, 0.2) is 0 Å². The molecule has 0 atom stereocenters. The van der Waals surface area contributed by atoms with Crippen molar-refractivity contribution in [3.8, 4) is 33.4 Å². The molecule has 0 saturated carbocycles. The SMILES string of the molecule is C[Si](C)(C)c1ccc(N(c2ccccc2)c2ccc(-c3ccc4c(c3)N(c3ccccc3)c3cccc5c(-c6ccc7cc(N(c8ccc([Si](C)(C)C)cc8)c8ccc9ccccc9c8)ccc7c6)ccc-4c35)cc2)cc1. The van der Waals surface area contributed by atoms with Crippen LogP contribution in [0, 0.1) is 0 Å². The Balaban J connectivity index is 0.867. The molecule has 0 unspecified atom stereocenters. The first kappa shape index (κ1) is 47.9. The Morgan fingerprint density at radius 1 is 0.286 bits per heavy atom. The highest BCUT2D eigenvalue weighted by Crippen LogP contribution is 2.53. The monoisotopic (exact) mass is 1020 g/mol. The smallest absolute Gasteiger partial charge is 0.0775 e. The molecule has 5 heteroatoms. The Morgan fingerprint density at radius 3 is 1.38 bits per heavy atom. The third-order valence-corrected chi connectivity index (χ3v) is 19.8. The minimum absolute atomic E-state index is 1.12. The third-order valence-electron chi connectivity index (χ3n) is 15.6. The molecule has 0 bridgehead atoms. The van der Waals surface area contributed by atoms with Crippen LogP contribution in [-0.2, 0) is 0 Å². The van der Waals surface area contributed by atoms with Crippen molar-refractivity contribution in [2.75, 3.05) is 14.7 Å². The zero-order valence-electron chi connectivity index (χ0n) is 44.7. The van der Waals surface area contributed by atoms with Gasteiger partial charge in [0.05, 0.1) is 27.5 Å². The standard InChI is InChI=1S/C72H61N3Si2/c1-76(2,3)64-39-35-60(36-40-64)73(57-18-9-7-10-19-57)59-31-26-51(27-32-59)55-30-43-67-69-45-44-66(68-22-15-23-70(72(68)69)75(71(67)49-55)58-20-11-8-12-21-58)56-25-24-54-48-63(34-29-53(54)46-56)74(61-37-41-65(42-38-61)77(4,5)6)62-33-28-50-16-13-14-17-52(50)47-62/h7-49H,1-6H3. The number of benzene rings is 12. The number of nitrogens with zero attached hydrogens (tertiary/aromatic N) is 3. The second kappa shape index (κ2) is 19.1. The number of rotatable bonds is 11. The van der Waals surface area contributed by atoms with Crippen molar-refractivity contribution in [2.45, 2.75) is 39.3 Å².